The third kappa shape index (κ3) is 7.15. The highest BCUT2D eigenvalue weighted by atomic mass is 79.9. The molecule has 0 amide bonds. The zero-order valence-corrected chi connectivity index (χ0v) is 19.8. The predicted molar refractivity (Wildman–Crippen MR) is 123 cm³/mol. The minimum Gasteiger partial charge on any atom is -0.366 e. The second-order valence-corrected chi connectivity index (χ2v) is 9.47. The number of hydrogen-bond acceptors (Lipinski definition) is 7. The average molecular weight is 533 g/mol. The predicted octanol–water partition coefficient (Wildman–Crippen LogP) is 3.33. The summed E-state index contributed by atoms with van der Waals surface area (Å²) >= 11 is 3.49. The summed E-state index contributed by atoms with van der Waals surface area (Å²) < 4.78 is 38.1. The van der Waals surface area contributed by atoms with Crippen LogP contribution in [0.15, 0.2) is 39.2 Å². The minimum atomic E-state index is -4.22. The van der Waals surface area contributed by atoms with Crippen LogP contribution in [0.2, 0.25) is 0 Å². The topological polar surface area (TPSA) is 118 Å². The molecular formula is C21H28BrF3N6O2. The molecular weight excluding hydrogens is 505 g/mol. The molecule has 12 heteroatoms. The molecule has 1 aromatic carbocycles. The molecule has 8 nitrogen and oxygen atoms in total. The Balaban J connectivity index is 1.59. The van der Waals surface area contributed by atoms with E-state index in [0.29, 0.717) is 25.8 Å². The van der Waals surface area contributed by atoms with Crippen LogP contribution in [0.25, 0.3) is 0 Å². The monoisotopic (exact) mass is 532 g/mol. The van der Waals surface area contributed by atoms with E-state index in [4.69, 9.17) is 5.73 Å². The van der Waals surface area contributed by atoms with Crippen molar-refractivity contribution < 1.29 is 18.1 Å². The minimum absolute atomic E-state index is 0.165. The van der Waals surface area contributed by atoms with Crippen molar-refractivity contribution in [1.29, 1.82) is 0 Å². The van der Waals surface area contributed by atoms with Crippen LogP contribution >= 0.6 is 15.9 Å². The fraction of sp³-hybridized carbons (Fsp3) is 0.571. The normalized spacial score (nSPS) is 25.6. The van der Waals surface area contributed by atoms with Crippen molar-refractivity contribution in [2.75, 3.05) is 13.1 Å². The third-order valence-electron chi connectivity index (χ3n) is 6.06. The van der Waals surface area contributed by atoms with E-state index >= 15 is 0 Å². The van der Waals surface area contributed by atoms with Crippen molar-refractivity contribution in [3.8, 4) is 0 Å². The van der Waals surface area contributed by atoms with Gasteiger partial charge in [-0.2, -0.15) is 13.2 Å². The summed E-state index contributed by atoms with van der Waals surface area (Å²) in [5.41, 5.74) is 8.19. The first-order chi connectivity index (χ1) is 15.5. The number of hydrogen-bond donors (Lipinski definition) is 4. The SMILES string of the molecule is Cc1c(Br)cccc1CC1(N)N=CC([N+](=O)[O-])=C(NCC2CCC(NCC(F)(F)F)CC2)N1. The number of nitrogens with zero attached hydrogens (tertiary/aromatic N) is 2. The van der Waals surface area contributed by atoms with E-state index in [9.17, 15) is 23.3 Å². The molecule has 1 aliphatic heterocycles. The van der Waals surface area contributed by atoms with Gasteiger partial charge in [-0.3, -0.25) is 15.8 Å². The van der Waals surface area contributed by atoms with E-state index in [1.165, 1.54) is 6.21 Å². The van der Waals surface area contributed by atoms with Gasteiger partial charge in [0.15, 0.2) is 11.6 Å². The maximum Gasteiger partial charge on any atom is 0.401 e. The zero-order valence-electron chi connectivity index (χ0n) is 18.2. The molecule has 1 atom stereocenters. The second-order valence-electron chi connectivity index (χ2n) is 8.62. The maximum atomic E-state index is 12.4. The van der Waals surface area contributed by atoms with Crippen LogP contribution in [-0.4, -0.2) is 42.2 Å². The van der Waals surface area contributed by atoms with Crippen LogP contribution in [0.1, 0.15) is 36.8 Å². The van der Waals surface area contributed by atoms with Gasteiger partial charge in [-0.15, -0.1) is 0 Å². The van der Waals surface area contributed by atoms with Crippen molar-refractivity contribution >= 4 is 22.1 Å². The largest absolute Gasteiger partial charge is 0.401 e. The lowest BCUT2D eigenvalue weighted by Gasteiger charge is -2.33. The smallest absolute Gasteiger partial charge is 0.366 e. The van der Waals surface area contributed by atoms with E-state index in [2.05, 4.69) is 36.9 Å². The van der Waals surface area contributed by atoms with Crippen LogP contribution in [0.5, 0.6) is 0 Å². The highest BCUT2D eigenvalue weighted by Crippen LogP contribution is 2.26. The summed E-state index contributed by atoms with van der Waals surface area (Å²) in [4.78, 5) is 15.2. The number of benzene rings is 1. The van der Waals surface area contributed by atoms with Gasteiger partial charge < -0.3 is 16.0 Å². The average Bonchev–Trinajstić information content (AvgIpc) is 2.74. The molecule has 33 heavy (non-hydrogen) atoms. The summed E-state index contributed by atoms with van der Waals surface area (Å²) in [5, 5.41) is 20.2. The standard InChI is InChI=1S/C21H28BrF3N6O2/c1-13-15(3-2-4-17(13)22)9-21(26)29-11-18(31(32)33)19(30-21)27-10-14-5-7-16(8-6-14)28-12-20(23,24)25/h2-4,11,14,16,27-28,30H,5-10,12,26H2,1H3. The van der Waals surface area contributed by atoms with Crippen molar-refractivity contribution in [3.63, 3.8) is 0 Å². The van der Waals surface area contributed by atoms with Crippen LogP contribution in [0.4, 0.5) is 13.2 Å². The Bertz CT molecular complexity index is 931. The zero-order chi connectivity index (χ0) is 24.2. The number of nitrogens with one attached hydrogen (secondary N) is 3. The molecule has 1 fully saturated rings. The highest BCUT2D eigenvalue weighted by Gasteiger charge is 2.34. The van der Waals surface area contributed by atoms with Gasteiger partial charge in [0.05, 0.1) is 11.5 Å². The number of nitro groups is 1. The molecule has 5 N–H and O–H groups in total. The van der Waals surface area contributed by atoms with Gasteiger partial charge in [0, 0.05) is 23.5 Å². The Morgan fingerprint density at radius 2 is 2.03 bits per heavy atom. The summed E-state index contributed by atoms with van der Waals surface area (Å²) in [5.74, 6) is -0.871. The summed E-state index contributed by atoms with van der Waals surface area (Å²) in [6.07, 6.45) is -0.0274. The lowest BCUT2D eigenvalue weighted by Crippen LogP contribution is -2.58. The summed E-state index contributed by atoms with van der Waals surface area (Å²) in [6, 6.07) is 5.57. The van der Waals surface area contributed by atoms with Crippen molar-refractivity contribution in [3.05, 3.63) is 55.4 Å². The Labute approximate surface area is 198 Å². The van der Waals surface area contributed by atoms with Crippen molar-refractivity contribution in [2.24, 2.45) is 16.6 Å². The molecule has 0 saturated heterocycles. The number of halogens is 4. The molecule has 3 rings (SSSR count). The lowest BCUT2D eigenvalue weighted by molar-refractivity contribution is -0.416. The molecule has 1 aliphatic carbocycles. The van der Waals surface area contributed by atoms with Gasteiger partial charge in [-0.25, -0.2) is 4.99 Å². The number of nitrogens with two attached hydrogens (primary N) is 1. The molecule has 1 heterocycles. The van der Waals surface area contributed by atoms with E-state index < -0.39 is 23.4 Å². The van der Waals surface area contributed by atoms with Gasteiger partial charge in [-0.1, -0.05) is 28.1 Å². The number of aliphatic imine (C=N–C) groups is 1. The number of alkyl halides is 3. The van der Waals surface area contributed by atoms with Gasteiger partial charge in [0.1, 0.15) is 6.21 Å². The Hall–Kier alpha value is -2.18. The second kappa shape index (κ2) is 10.4. The van der Waals surface area contributed by atoms with Crippen molar-refractivity contribution in [2.45, 2.75) is 57.0 Å². The molecule has 182 valence electrons. The van der Waals surface area contributed by atoms with Gasteiger partial charge in [-0.05, 0) is 55.7 Å². The van der Waals surface area contributed by atoms with Crippen LogP contribution in [0.3, 0.4) is 0 Å². The molecule has 1 saturated carbocycles. The van der Waals surface area contributed by atoms with Crippen LogP contribution < -0.4 is 21.7 Å². The number of allylic oxidation sites excluding steroid dienone is 1. The molecule has 2 aliphatic rings. The van der Waals surface area contributed by atoms with E-state index in [-0.39, 0.29) is 23.5 Å². The number of rotatable bonds is 8. The molecule has 0 bridgehead atoms. The van der Waals surface area contributed by atoms with E-state index in [0.717, 1.165) is 28.4 Å². The molecule has 1 aromatic rings. The summed E-state index contributed by atoms with van der Waals surface area (Å²) in [6.45, 7) is 1.41. The van der Waals surface area contributed by atoms with E-state index in [1.54, 1.807) is 0 Å². The van der Waals surface area contributed by atoms with Gasteiger partial charge in [0.2, 0.25) is 0 Å². The molecule has 0 aromatic heterocycles. The molecule has 0 spiro atoms. The fourth-order valence-electron chi connectivity index (χ4n) is 4.13. The van der Waals surface area contributed by atoms with Crippen LogP contribution in [-0.2, 0) is 6.42 Å². The fourth-order valence-corrected chi connectivity index (χ4v) is 4.54. The Kier molecular flexibility index (Phi) is 8.01. The first kappa shape index (κ1) is 25.4. The van der Waals surface area contributed by atoms with Crippen LogP contribution in [0, 0.1) is 23.0 Å². The molecule has 0 radical (unpaired) electrons. The summed E-state index contributed by atoms with van der Waals surface area (Å²) in [7, 11) is 0. The van der Waals surface area contributed by atoms with Gasteiger partial charge >= 0.3 is 11.9 Å². The maximum absolute atomic E-state index is 12.4. The van der Waals surface area contributed by atoms with Gasteiger partial charge in [0.25, 0.3) is 0 Å². The third-order valence-corrected chi connectivity index (χ3v) is 6.92. The quantitative estimate of drug-likeness (QED) is 0.301. The lowest BCUT2D eigenvalue weighted by atomic mass is 9.86. The first-order valence-corrected chi connectivity index (χ1v) is 11.5. The van der Waals surface area contributed by atoms with E-state index in [1.807, 2.05) is 25.1 Å². The Morgan fingerprint density at radius 3 is 2.67 bits per heavy atom. The highest BCUT2D eigenvalue weighted by molar-refractivity contribution is 9.10. The molecule has 1 unspecified atom stereocenters. The first-order valence-electron chi connectivity index (χ1n) is 10.7. The van der Waals surface area contributed by atoms with Crippen molar-refractivity contribution in [1.82, 2.24) is 16.0 Å². The Morgan fingerprint density at radius 1 is 1.33 bits per heavy atom.